The normalized spacial score (nSPS) is 40.4. The molecule has 2 saturated heterocycles. The SMILES string of the molecule is CC(C)C1COC2(CCOC2)OC1. The van der Waals surface area contributed by atoms with E-state index in [9.17, 15) is 0 Å². The fraction of sp³-hybridized carbons (Fsp3) is 1.00. The zero-order valence-electron chi connectivity index (χ0n) is 8.41. The molecule has 2 aliphatic rings. The Labute approximate surface area is 79.4 Å². The van der Waals surface area contributed by atoms with E-state index in [2.05, 4.69) is 13.8 Å². The topological polar surface area (TPSA) is 27.7 Å². The van der Waals surface area contributed by atoms with E-state index in [1.165, 1.54) is 0 Å². The minimum atomic E-state index is -0.384. The predicted molar refractivity (Wildman–Crippen MR) is 48.4 cm³/mol. The van der Waals surface area contributed by atoms with Gasteiger partial charge in [0, 0.05) is 12.3 Å². The van der Waals surface area contributed by atoms with Crippen molar-refractivity contribution in [3.63, 3.8) is 0 Å². The molecule has 0 aromatic heterocycles. The molecule has 0 bridgehead atoms. The van der Waals surface area contributed by atoms with Crippen LogP contribution in [-0.4, -0.2) is 32.2 Å². The summed E-state index contributed by atoms with van der Waals surface area (Å²) >= 11 is 0. The van der Waals surface area contributed by atoms with Crippen LogP contribution < -0.4 is 0 Å². The summed E-state index contributed by atoms with van der Waals surface area (Å²) < 4.78 is 16.8. The van der Waals surface area contributed by atoms with Crippen molar-refractivity contribution in [3.8, 4) is 0 Å². The Balaban J connectivity index is 1.88. The highest BCUT2D eigenvalue weighted by Crippen LogP contribution is 2.31. The van der Waals surface area contributed by atoms with Crippen molar-refractivity contribution in [3.05, 3.63) is 0 Å². The highest BCUT2D eigenvalue weighted by molar-refractivity contribution is 4.80. The van der Waals surface area contributed by atoms with Gasteiger partial charge in [0.15, 0.2) is 5.79 Å². The van der Waals surface area contributed by atoms with Crippen LogP contribution >= 0.6 is 0 Å². The lowest BCUT2D eigenvalue weighted by atomic mass is 9.96. The van der Waals surface area contributed by atoms with Crippen LogP contribution in [0.4, 0.5) is 0 Å². The highest BCUT2D eigenvalue weighted by atomic mass is 16.7. The van der Waals surface area contributed by atoms with E-state index >= 15 is 0 Å². The molecule has 76 valence electrons. The van der Waals surface area contributed by atoms with Crippen LogP contribution in [0.25, 0.3) is 0 Å². The van der Waals surface area contributed by atoms with Crippen molar-refractivity contribution < 1.29 is 14.2 Å². The monoisotopic (exact) mass is 186 g/mol. The van der Waals surface area contributed by atoms with Crippen molar-refractivity contribution in [1.29, 1.82) is 0 Å². The zero-order valence-corrected chi connectivity index (χ0v) is 8.41. The lowest BCUT2D eigenvalue weighted by molar-refractivity contribution is -0.282. The van der Waals surface area contributed by atoms with E-state index in [4.69, 9.17) is 14.2 Å². The summed E-state index contributed by atoms with van der Waals surface area (Å²) in [5.74, 6) is 0.802. The Hall–Kier alpha value is -0.120. The second-order valence-corrected chi connectivity index (χ2v) is 4.34. The van der Waals surface area contributed by atoms with Crippen LogP contribution in [0.1, 0.15) is 20.3 Å². The fourth-order valence-electron chi connectivity index (χ4n) is 1.75. The van der Waals surface area contributed by atoms with E-state index < -0.39 is 0 Å². The summed E-state index contributed by atoms with van der Waals surface area (Å²) in [7, 11) is 0. The average molecular weight is 186 g/mol. The third-order valence-corrected chi connectivity index (χ3v) is 3.01. The largest absolute Gasteiger partial charge is 0.376 e. The van der Waals surface area contributed by atoms with Gasteiger partial charge < -0.3 is 14.2 Å². The number of hydrogen-bond donors (Lipinski definition) is 0. The third kappa shape index (κ3) is 1.87. The first-order valence-corrected chi connectivity index (χ1v) is 5.07. The molecule has 2 aliphatic heterocycles. The Morgan fingerprint density at radius 2 is 1.92 bits per heavy atom. The van der Waals surface area contributed by atoms with Crippen LogP contribution in [0.2, 0.25) is 0 Å². The second-order valence-electron chi connectivity index (χ2n) is 4.34. The summed E-state index contributed by atoms with van der Waals surface area (Å²) in [5.41, 5.74) is 0. The minimum absolute atomic E-state index is 0.384. The van der Waals surface area contributed by atoms with E-state index in [0.29, 0.717) is 18.4 Å². The molecule has 3 nitrogen and oxygen atoms in total. The van der Waals surface area contributed by atoms with Gasteiger partial charge >= 0.3 is 0 Å². The van der Waals surface area contributed by atoms with Gasteiger partial charge in [-0.05, 0) is 5.92 Å². The van der Waals surface area contributed by atoms with E-state index in [0.717, 1.165) is 26.2 Å². The predicted octanol–water partition coefficient (Wildman–Crippen LogP) is 1.42. The molecule has 2 fully saturated rings. The summed E-state index contributed by atoms with van der Waals surface area (Å²) in [4.78, 5) is 0. The van der Waals surface area contributed by atoms with Crippen LogP contribution in [-0.2, 0) is 14.2 Å². The first-order valence-electron chi connectivity index (χ1n) is 5.07. The molecule has 13 heavy (non-hydrogen) atoms. The molecule has 0 atom stereocenters. The lowest BCUT2D eigenvalue weighted by Crippen LogP contribution is -2.45. The molecule has 0 radical (unpaired) electrons. The highest BCUT2D eigenvalue weighted by Gasteiger charge is 2.41. The van der Waals surface area contributed by atoms with Gasteiger partial charge in [-0.15, -0.1) is 0 Å². The molecule has 0 amide bonds. The summed E-state index contributed by atoms with van der Waals surface area (Å²) in [6.45, 7) is 7.44. The third-order valence-electron chi connectivity index (χ3n) is 3.01. The minimum Gasteiger partial charge on any atom is -0.376 e. The molecular weight excluding hydrogens is 168 g/mol. The standard InChI is InChI=1S/C10H18O3/c1-8(2)9-5-12-10(13-6-9)3-4-11-7-10/h8-9H,3-7H2,1-2H3. The summed E-state index contributed by atoms with van der Waals surface area (Å²) in [5, 5.41) is 0. The van der Waals surface area contributed by atoms with Gasteiger partial charge in [0.1, 0.15) is 6.61 Å². The maximum Gasteiger partial charge on any atom is 0.193 e. The van der Waals surface area contributed by atoms with Crippen LogP contribution in [0.15, 0.2) is 0 Å². The van der Waals surface area contributed by atoms with Crippen molar-refractivity contribution >= 4 is 0 Å². The van der Waals surface area contributed by atoms with E-state index in [1.54, 1.807) is 0 Å². The molecule has 0 aromatic rings. The van der Waals surface area contributed by atoms with Gasteiger partial charge in [-0.2, -0.15) is 0 Å². The van der Waals surface area contributed by atoms with Crippen LogP contribution in [0.3, 0.4) is 0 Å². The first kappa shape index (κ1) is 9.44. The summed E-state index contributed by atoms with van der Waals surface area (Å²) in [6, 6.07) is 0. The van der Waals surface area contributed by atoms with Gasteiger partial charge in [-0.25, -0.2) is 0 Å². The molecular formula is C10H18O3. The Bertz CT molecular complexity index is 163. The molecule has 3 heteroatoms. The van der Waals surface area contributed by atoms with Crippen molar-refractivity contribution in [1.82, 2.24) is 0 Å². The molecule has 0 unspecified atom stereocenters. The first-order chi connectivity index (χ1) is 6.22. The second kappa shape index (κ2) is 3.56. The lowest BCUT2D eigenvalue weighted by Gasteiger charge is -2.37. The maximum atomic E-state index is 5.75. The quantitative estimate of drug-likeness (QED) is 0.620. The fourth-order valence-corrected chi connectivity index (χ4v) is 1.75. The maximum absolute atomic E-state index is 5.75. The molecule has 1 spiro atoms. The van der Waals surface area contributed by atoms with Crippen molar-refractivity contribution in [2.24, 2.45) is 11.8 Å². The molecule has 0 saturated carbocycles. The average Bonchev–Trinajstić information content (AvgIpc) is 2.54. The van der Waals surface area contributed by atoms with Gasteiger partial charge in [-0.1, -0.05) is 13.8 Å². The zero-order chi connectivity index (χ0) is 9.31. The van der Waals surface area contributed by atoms with Crippen molar-refractivity contribution in [2.45, 2.75) is 26.1 Å². The van der Waals surface area contributed by atoms with Crippen LogP contribution in [0, 0.1) is 11.8 Å². The van der Waals surface area contributed by atoms with Crippen LogP contribution in [0.5, 0.6) is 0 Å². The van der Waals surface area contributed by atoms with E-state index in [1.807, 2.05) is 0 Å². The Morgan fingerprint density at radius 3 is 2.38 bits per heavy atom. The number of ether oxygens (including phenoxy) is 3. The molecule has 0 aliphatic carbocycles. The summed E-state index contributed by atoms with van der Waals surface area (Å²) in [6.07, 6.45) is 0.887. The van der Waals surface area contributed by atoms with Gasteiger partial charge in [0.25, 0.3) is 0 Å². The Kier molecular flexibility index (Phi) is 2.58. The van der Waals surface area contributed by atoms with Gasteiger partial charge in [0.05, 0.1) is 19.8 Å². The molecule has 0 N–H and O–H groups in total. The van der Waals surface area contributed by atoms with Gasteiger partial charge in [0.2, 0.25) is 0 Å². The number of hydrogen-bond acceptors (Lipinski definition) is 3. The number of rotatable bonds is 1. The van der Waals surface area contributed by atoms with Gasteiger partial charge in [-0.3, -0.25) is 0 Å². The molecule has 0 aromatic carbocycles. The smallest absolute Gasteiger partial charge is 0.193 e. The molecule has 2 heterocycles. The molecule has 2 rings (SSSR count). The van der Waals surface area contributed by atoms with Crippen molar-refractivity contribution in [2.75, 3.05) is 26.4 Å². The Morgan fingerprint density at radius 1 is 1.23 bits per heavy atom. The van der Waals surface area contributed by atoms with E-state index in [-0.39, 0.29) is 5.79 Å².